The summed E-state index contributed by atoms with van der Waals surface area (Å²) in [6.45, 7) is 5.67. The largest absolute Gasteiger partial charge is 0.497 e. The van der Waals surface area contributed by atoms with Crippen LogP contribution >= 0.6 is 0 Å². The fraction of sp³-hybridized carbons (Fsp3) is 0.263. The lowest BCUT2D eigenvalue weighted by molar-refractivity contribution is -0.123. The van der Waals surface area contributed by atoms with E-state index in [1.165, 1.54) is 0 Å². The average Bonchev–Trinajstić information content (AvgIpc) is 2.60. The predicted molar refractivity (Wildman–Crippen MR) is 94.8 cm³/mol. The molecule has 126 valence electrons. The second kappa shape index (κ2) is 8.15. The molecule has 2 aromatic carbocycles. The number of ether oxygens (including phenoxy) is 2. The molecule has 1 amide bonds. The molecule has 1 N–H and O–H groups in total. The van der Waals surface area contributed by atoms with Crippen LogP contribution in [0.3, 0.4) is 0 Å². The molecule has 0 aliphatic rings. The maximum atomic E-state index is 11.9. The van der Waals surface area contributed by atoms with Gasteiger partial charge in [0.1, 0.15) is 11.5 Å². The number of methoxy groups -OCH3 is 1. The van der Waals surface area contributed by atoms with Crippen LogP contribution in [0.5, 0.6) is 11.5 Å². The quantitative estimate of drug-likeness (QED) is 0.655. The van der Waals surface area contributed by atoms with E-state index in [1.807, 2.05) is 63.2 Å². The summed E-state index contributed by atoms with van der Waals surface area (Å²) in [5.74, 6) is 1.18. The molecule has 2 aromatic rings. The van der Waals surface area contributed by atoms with Gasteiger partial charge in [-0.05, 0) is 67.8 Å². The number of aryl methyl sites for hydroxylation is 2. The standard InChI is InChI=1S/C19H22N2O3/c1-13-5-6-14(2)18(11-13)24-12-19(22)21-20-15(3)16-7-9-17(23-4)10-8-16/h5-11H,12H2,1-4H3,(H,21,22). The first-order valence-electron chi connectivity index (χ1n) is 7.67. The van der Waals surface area contributed by atoms with Gasteiger partial charge in [-0.1, -0.05) is 12.1 Å². The van der Waals surface area contributed by atoms with Gasteiger partial charge in [-0.25, -0.2) is 5.43 Å². The van der Waals surface area contributed by atoms with Crippen molar-refractivity contribution in [3.05, 3.63) is 59.2 Å². The van der Waals surface area contributed by atoms with Crippen molar-refractivity contribution in [3.8, 4) is 11.5 Å². The summed E-state index contributed by atoms with van der Waals surface area (Å²) in [6.07, 6.45) is 0. The van der Waals surface area contributed by atoms with Crippen molar-refractivity contribution >= 4 is 11.6 Å². The number of hydrogen-bond donors (Lipinski definition) is 1. The zero-order valence-electron chi connectivity index (χ0n) is 14.4. The van der Waals surface area contributed by atoms with Gasteiger partial charge in [0, 0.05) is 0 Å². The highest BCUT2D eigenvalue weighted by molar-refractivity contribution is 5.99. The summed E-state index contributed by atoms with van der Waals surface area (Å²) in [5, 5.41) is 4.10. The van der Waals surface area contributed by atoms with Crippen LogP contribution in [0.25, 0.3) is 0 Å². The first-order chi connectivity index (χ1) is 11.5. The molecule has 0 heterocycles. The lowest BCUT2D eigenvalue weighted by atomic mass is 10.1. The third kappa shape index (κ3) is 4.84. The molecule has 2 rings (SSSR count). The summed E-state index contributed by atoms with van der Waals surface area (Å²) in [6, 6.07) is 13.3. The summed E-state index contributed by atoms with van der Waals surface area (Å²) in [4.78, 5) is 11.9. The number of carbonyl (C=O) groups excluding carboxylic acids is 1. The number of nitrogens with zero attached hydrogens (tertiary/aromatic N) is 1. The van der Waals surface area contributed by atoms with Crippen LogP contribution in [0.1, 0.15) is 23.6 Å². The molecule has 5 heteroatoms. The Bertz CT molecular complexity index is 737. The topological polar surface area (TPSA) is 59.9 Å². The minimum absolute atomic E-state index is 0.0797. The summed E-state index contributed by atoms with van der Waals surface area (Å²) >= 11 is 0. The lowest BCUT2D eigenvalue weighted by Gasteiger charge is -2.09. The number of nitrogens with one attached hydrogen (secondary N) is 1. The molecule has 0 saturated carbocycles. The van der Waals surface area contributed by atoms with Gasteiger partial charge in [0.15, 0.2) is 6.61 Å². The monoisotopic (exact) mass is 326 g/mol. The smallest absolute Gasteiger partial charge is 0.277 e. The number of carbonyl (C=O) groups is 1. The van der Waals surface area contributed by atoms with E-state index >= 15 is 0 Å². The Morgan fingerprint density at radius 1 is 1.12 bits per heavy atom. The molecule has 0 radical (unpaired) electrons. The van der Waals surface area contributed by atoms with Gasteiger partial charge in [0.25, 0.3) is 5.91 Å². The maximum Gasteiger partial charge on any atom is 0.277 e. The van der Waals surface area contributed by atoms with Gasteiger partial charge >= 0.3 is 0 Å². The maximum absolute atomic E-state index is 11.9. The van der Waals surface area contributed by atoms with Crippen LogP contribution in [-0.4, -0.2) is 25.3 Å². The molecule has 0 aliphatic carbocycles. The van der Waals surface area contributed by atoms with E-state index in [0.29, 0.717) is 11.5 Å². The Labute approximate surface area is 142 Å². The van der Waals surface area contributed by atoms with Crippen LogP contribution < -0.4 is 14.9 Å². The number of hydrogen-bond acceptors (Lipinski definition) is 4. The van der Waals surface area contributed by atoms with Crippen molar-refractivity contribution in [2.75, 3.05) is 13.7 Å². The van der Waals surface area contributed by atoms with E-state index in [0.717, 1.165) is 22.4 Å². The van der Waals surface area contributed by atoms with Crippen LogP contribution in [0, 0.1) is 13.8 Å². The van der Waals surface area contributed by atoms with Crippen LogP contribution in [-0.2, 0) is 4.79 Å². The summed E-state index contributed by atoms with van der Waals surface area (Å²) in [5.41, 5.74) is 6.20. The lowest BCUT2D eigenvalue weighted by Crippen LogP contribution is -2.25. The fourth-order valence-electron chi connectivity index (χ4n) is 2.08. The third-order valence-electron chi connectivity index (χ3n) is 3.56. The number of rotatable bonds is 6. The third-order valence-corrected chi connectivity index (χ3v) is 3.56. The van der Waals surface area contributed by atoms with E-state index in [4.69, 9.17) is 9.47 Å². The van der Waals surface area contributed by atoms with E-state index in [9.17, 15) is 4.79 Å². The van der Waals surface area contributed by atoms with Gasteiger partial charge in [0.2, 0.25) is 0 Å². The zero-order valence-corrected chi connectivity index (χ0v) is 14.4. The predicted octanol–water partition coefficient (Wildman–Crippen LogP) is 3.23. The minimum atomic E-state index is -0.302. The van der Waals surface area contributed by atoms with Crippen LogP contribution in [0.2, 0.25) is 0 Å². The van der Waals surface area contributed by atoms with Crippen molar-refractivity contribution in [1.82, 2.24) is 5.43 Å². The fourth-order valence-corrected chi connectivity index (χ4v) is 2.08. The molecule has 0 bridgehead atoms. The summed E-state index contributed by atoms with van der Waals surface area (Å²) in [7, 11) is 1.62. The SMILES string of the molecule is COc1ccc(C(C)=NNC(=O)COc2cc(C)ccc2C)cc1. The Morgan fingerprint density at radius 3 is 2.50 bits per heavy atom. The first kappa shape index (κ1) is 17.5. The molecule has 0 aromatic heterocycles. The summed E-state index contributed by atoms with van der Waals surface area (Å²) < 4.78 is 10.7. The van der Waals surface area contributed by atoms with Crippen LogP contribution in [0.4, 0.5) is 0 Å². The molecule has 0 atom stereocenters. The average molecular weight is 326 g/mol. The van der Waals surface area contributed by atoms with Crippen molar-refractivity contribution in [3.63, 3.8) is 0 Å². The van der Waals surface area contributed by atoms with Gasteiger partial charge < -0.3 is 9.47 Å². The van der Waals surface area contributed by atoms with Gasteiger partial charge in [-0.3, -0.25) is 4.79 Å². The molecule has 5 nitrogen and oxygen atoms in total. The first-order valence-corrected chi connectivity index (χ1v) is 7.67. The molecular formula is C19H22N2O3. The second-order valence-corrected chi connectivity index (χ2v) is 5.52. The zero-order chi connectivity index (χ0) is 17.5. The van der Waals surface area contributed by atoms with Crippen molar-refractivity contribution in [1.29, 1.82) is 0 Å². The molecule has 24 heavy (non-hydrogen) atoms. The molecule has 0 aliphatic heterocycles. The second-order valence-electron chi connectivity index (χ2n) is 5.52. The Hall–Kier alpha value is -2.82. The highest BCUT2D eigenvalue weighted by atomic mass is 16.5. The molecule has 0 saturated heterocycles. The van der Waals surface area contributed by atoms with Gasteiger partial charge in [-0.15, -0.1) is 0 Å². The number of amides is 1. The minimum Gasteiger partial charge on any atom is -0.497 e. The van der Waals surface area contributed by atoms with E-state index in [2.05, 4.69) is 10.5 Å². The Balaban J connectivity index is 1.90. The highest BCUT2D eigenvalue weighted by Crippen LogP contribution is 2.18. The Morgan fingerprint density at radius 2 is 1.83 bits per heavy atom. The number of benzene rings is 2. The normalized spacial score (nSPS) is 11.1. The highest BCUT2D eigenvalue weighted by Gasteiger charge is 2.05. The van der Waals surface area contributed by atoms with Gasteiger partial charge in [-0.2, -0.15) is 5.10 Å². The van der Waals surface area contributed by atoms with E-state index in [1.54, 1.807) is 7.11 Å². The van der Waals surface area contributed by atoms with Crippen molar-refractivity contribution in [2.24, 2.45) is 5.10 Å². The van der Waals surface area contributed by atoms with E-state index < -0.39 is 0 Å². The van der Waals surface area contributed by atoms with Crippen molar-refractivity contribution < 1.29 is 14.3 Å². The molecular weight excluding hydrogens is 304 g/mol. The Kier molecular flexibility index (Phi) is 5.95. The van der Waals surface area contributed by atoms with Crippen molar-refractivity contribution in [2.45, 2.75) is 20.8 Å². The van der Waals surface area contributed by atoms with Crippen LogP contribution in [0.15, 0.2) is 47.6 Å². The molecule has 0 spiro atoms. The molecule has 0 unspecified atom stereocenters. The number of hydrazone groups is 1. The van der Waals surface area contributed by atoms with Gasteiger partial charge in [0.05, 0.1) is 12.8 Å². The molecule has 0 fully saturated rings. The van der Waals surface area contributed by atoms with E-state index in [-0.39, 0.29) is 12.5 Å².